The van der Waals surface area contributed by atoms with E-state index in [2.05, 4.69) is 5.10 Å². The van der Waals surface area contributed by atoms with E-state index in [1.807, 2.05) is 20.8 Å². The lowest BCUT2D eigenvalue weighted by Crippen LogP contribution is -2.66. The second kappa shape index (κ2) is 5.54. The highest BCUT2D eigenvalue weighted by Crippen LogP contribution is 2.35. The van der Waals surface area contributed by atoms with Crippen LogP contribution in [0.4, 0.5) is 4.79 Å². The third-order valence-corrected chi connectivity index (χ3v) is 4.20. The Morgan fingerprint density at radius 1 is 1.26 bits per heavy atom. The Kier molecular flexibility index (Phi) is 4.17. The van der Waals surface area contributed by atoms with Crippen molar-refractivity contribution in [2.75, 3.05) is 13.1 Å². The molecule has 0 saturated carbocycles. The van der Waals surface area contributed by atoms with E-state index >= 15 is 0 Å². The van der Waals surface area contributed by atoms with Gasteiger partial charge in [-0.2, -0.15) is 5.10 Å². The fraction of sp³-hybridized carbons (Fsp3) is 0.688. The molecule has 2 rings (SSSR count). The Bertz CT molecular complexity index is 636. The summed E-state index contributed by atoms with van der Waals surface area (Å²) in [7, 11) is 0. The fourth-order valence-corrected chi connectivity index (χ4v) is 2.90. The van der Waals surface area contributed by atoms with Gasteiger partial charge >= 0.3 is 12.1 Å². The topological polar surface area (TPSA) is 84.7 Å². The summed E-state index contributed by atoms with van der Waals surface area (Å²) in [5.74, 6) is -0.904. The van der Waals surface area contributed by atoms with Crippen molar-refractivity contribution < 1.29 is 19.4 Å². The number of rotatable bonds is 3. The normalized spacial score (nSPS) is 16.9. The van der Waals surface area contributed by atoms with E-state index in [0.717, 1.165) is 17.0 Å². The predicted molar refractivity (Wildman–Crippen MR) is 84.5 cm³/mol. The summed E-state index contributed by atoms with van der Waals surface area (Å²) in [4.78, 5) is 25.0. The van der Waals surface area contributed by atoms with Gasteiger partial charge in [-0.3, -0.25) is 9.48 Å². The minimum absolute atomic E-state index is 0.0757. The van der Waals surface area contributed by atoms with Gasteiger partial charge in [0.1, 0.15) is 11.1 Å². The SMILES string of the molecule is Cc1nn(C2(CC(=O)O)CN(C(=O)OC(C)(C)C)C2)c(C)c1C. The van der Waals surface area contributed by atoms with Crippen LogP contribution < -0.4 is 0 Å². The third-order valence-electron chi connectivity index (χ3n) is 4.20. The number of carbonyl (C=O) groups excluding carboxylic acids is 1. The van der Waals surface area contributed by atoms with Crippen molar-refractivity contribution in [1.82, 2.24) is 14.7 Å². The highest BCUT2D eigenvalue weighted by molar-refractivity contribution is 5.72. The van der Waals surface area contributed by atoms with Gasteiger partial charge in [0.2, 0.25) is 0 Å². The minimum atomic E-state index is -0.904. The molecule has 2 heterocycles. The maximum absolute atomic E-state index is 12.1. The summed E-state index contributed by atoms with van der Waals surface area (Å²) in [6.45, 7) is 11.8. The molecular formula is C16H25N3O4. The van der Waals surface area contributed by atoms with Crippen LogP contribution in [0.1, 0.15) is 44.1 Å². The number of ether oxygens (including phenoxy) is 1. The van der Waals surface area contributed by atoms with Crippen molar-refractivity contribution in [1.29, 1.82) is 0 Å². The number of aromatic nitrogens is 2. The highest BCUT2D eigenvalue weighted by Gasteiger charge is 2.51. The van der Waals surface area contributed by atoms with Gasteiger partial charge in [-0.05, 0) is 47.1 Å². The summed E-state index contributed by atoms with van der Waals surface area (Å²) in [5.41, 5.74) is 1.59. The first-order chi connectivity index (χ1) is 10.4. The Balaban J connectivity index is 2.23. The smallest absolute Gasteiger partial charge is 0.410 e. The summed E-state index contributed by atoms with van der Waals surface area (Å²) < 4.78 is 7.12. The van der Waals surface area contributed by atoms with Crippen LogP contribution in [-0.2, 0) is 15.1 Å². The van der Waals surface area contributed by atoms with E-state index in [0.29, 0.717) is 0 Å². The van der Waals surface area contributed by atoms with Crippen LogP contribution in [0.5, 0.6) is 0 Å². The second-order valence-electron chi connectivity index (χ2n) is 7.34. The molecule has 128 valence electrons. The molecule has 0 bridgehead atoms. The van der Waals surface area contributed by atoms with Crippen LogP contribution in [0.2, 0.25) is 0 Å². The Morgan fingerprint density at radius 2 is 1.83 bits per heavy atom. The molecule has 1 saturated heterocycles. The molecule has 1 aliphatic rings. The highest BCUT2D eigenvalue weighted by atomic mass is 16.6. The van der Waals surface area contributed by atoms with E-state index in [9.17, 15) is 14.7 Å². The van der Waals surface area contributed by atoms with Gasteiger partial charge in [0.25, 0.3) is 0 Å². The number of amides is 1. The Hall–Kier alpha value is -2.05. The standard InChI is InChI=1S/C16H25N3O4/c1-10-11(2)17-19(12(10)3)16(7-13(20)21)8-18(9-16)14(22)23-15(4,5)6/h7-9H2,1-6H3,(H,20,21). The fourth-order valence-electron chi connectivity index (χ4n) is 2.90. The number of aliphatic carboxylic acids is 1. The average molecular weight is 323 g/mol. The predicted octanol–water partition coefficient (Wildman–Crippen LogP) is 2.23. The molecule has 1 aromatic rings. The second-order valence-corrected chi connectivity index (χ2v) is 7.34. The van der Waals surface area contributed by atoms with E-state index in [-0.39, 0.29) is 19.5 Å². The summed E-state index contributed by atoms with van der Waals surface area (Å²) in [6, 6.07) is 0. The molecule has 0 aliphatic carbocycles. The zero-order chi connectivity index (χ0) is 17.6. The molecule has 0 aromatic carbocycles. The lowest BCUT2D eigenvalue weighted by Gasteiger charge is -2.49. The average Bonchev–Trinajstić information content (AvgIpc) is 2.59. The lowest BCUT2D eigenvalue weighted by atomic mass is 9.86. The maximum Gasteiger partial charge on any atom is 0.410 e. The molecule has 1 fully saturated rings. The molecule has 1 amide bonds. The van der Waals surface area contributed by atoms with Crippen LogP contribution in [0, 0.1) is 20.8 Å². The van der Waals surface area contributed by atoms with E-state index in [1.165, 1.54) is 4.90 Å². The number of carboxylic acids is 1. The number of hydrogen-bond donors (Lipinski definition) is 1. The minimum Gasteiger partial charge on any atom is -0.481 e. The van der Waals surface area contributed by atoms with E-state index in [1.54, 1.807) is 25.5 Å². The number of likely N-dealkylation sites (tertiary alicyclic amines) is 1. The summed E-state index contributed by atoms with van der Waals surface area (Å²) in [6.07, 6.45) is -0.495. The van der Waals surface area contributed by atoms with Crippen molar-refractivity contribution >= 4 is 12.1 Å². The zero-order valence-electron chi connectivity index (χ0n) is 14.6. The molecule has 0 unspecified atom stereocenters. The summed E-state index contributed by atoms with van der Waals surface area (Å²) >= 11 is 0. The number of nitrogens with zero attached hydrogens (tertiary/aromatic N) is 3. The third kappa shape index (κ3) is 3.33. The molecule has 0 radical (unpaired) electrons. The van der Waals surface area contributed by atoms with Gasteiger partial charge in [0, 0.05) is 5.69 Å². The molecule has 1 aliphatic heterocycles. The van der Waals surface area contributed by atoms with Crippen LogP contribution in [0.25, 0.3) is 0 Å². The maximum atomic E-state index is 12.1. The number of carbonyl (C=O) groups is 2. The van der Waals surface area contributed by atoms with E-state index < -0.39 is 23.2 Å². The van der Waals surface area contributed by atoms with Gasteiger partial charge in [-0.15, -0.1) is 0 Å². The molecular weight excluding hydrogens is 298 g/mol. The van der Waals surface area contributed by atoms with Crippen LogP contribution in [-0.4, -0.2) is 50.5 Å². The van der Waals surface area contributed by atoms with Gasteiger partial charge < -0.3 is 14.7 Å². The lowest BCUT2D eigenvalue weighted by molar-refractivity contribution is -0.143. The van der Waals surface area contributed by atoms with Gasteiger partial charge in [-0.1, -0.05) is 0 Å². The molecule has 1 aromatic heterocycles. The molecule has 23 heavy (non-hydrogen) atoms. The van der Waals surface area contributed by atoms with Crippen molar-refractivity contribution in [2.24, 2.45) is 0 Å². The quantitative estimate of drug-likeness (QED) is 0.922. The molecule has 0 atom stereocenters. The number of hydrogen-bond acceptors (Lipinski definition) is 4. The van der Waals surface area contributed by atoms with Crippen molar-refractivity contribution in [3.63, 3.8) is 0 Å². The molecule has 0 spiro atoms. The van der Waals surface area contributed by atoms with Crippen LogP contribution >= 0.6 is 0 Å². The summed E-state index contributed by atoms with van der Waals surface area (Å²) in [5, 5.41) is 13.8. The number of aryl methyl sites for hydroxylation is 1. The Morgan fingerprint density at radius 3 is 2.22 bits per heavy atom. The van der Waals surface area contributed by atoms with Crippen molar-refractivity contribution in [3.8, 4) is 0 Å². The van der Waals surface area contributed by atoms with E-state index in [4.69, 9.17) is 4.74 Å². The largest absolute Gasteiger partial charge is 0.481 e. The van der Waals surface area contributed by atoms with Crippen molar-refractivity contribution in [3.05, 3.63) is 17.0 Å². The van der Waals surface area contributed by atoms with Gasteiger partial charge in [0.15, 0.2) is 0 Å². The Labute approximate surface area is 136 Å². The molecule has 7 nitrogen and oxygen atoms in total. The monoisotopic (exact) mass is 323 g/mol. The first-order valence-electron chi connectivity index (χ1n) is 7.68. The van der Waals surface area contributed by atoms with Crippen LogP contribution in [0.3, 0.4) is 0 Å². The molecule has 1 N–H and O–H groups in total. The van der Waals surface area contributed by atoms with Gasteiger partial charge in [-0.25, -0.2) is 4.79 Å². The van der Waals surface area contributed by atoms with Crippen LogP contribution in [0.15, 0.2) is 0 Å². The molecule has 7 heteroatoms. The first kappa shape index (κ1) is 17.3. The number of carboxylic acid groups (broad SMARTS) is 1. The first-order valence-corrected chi connectivity index (χ1v) is 7.68. The van der Waals surface area contributed by atoms with Gasteiger partial charge in [0.05, 0.1) is 25.2 Å². The zero-order valence-corrected chi connectivity index (χ0v) is 14.6. The van der Waals surface area contributed by atoms with Crippen molar-refractivity contribution in [2.45, 2.75) is 59.1 Å².